The average Bonchev–Trinajstić information content (AvgIpc) is 3.20. The lowest BCUT2D eigenvalue weighted by molar-refractivity contribution is -0.121. The minimum absolute atomic E-state index is 0.0116. The van der Waals surface area contributed by atoms with Crippen LogP contribution in [0.2, 0.25) is 0 Å². The Hall–Kier alpha value is -2.28. The Morgan fingerprint density at radius 1 is 1.23 bits per heavy atom. The predicted octanol–water partition coefficient (Wildman–Crippen LogP) is 3.23. The molecule has 5 nitrogen and oxygen atoms in total. The van der Waals surface area contributed by atoms with Crippen molar-refractivity contribution in [2.75, 3.05) is 13.1 Å². The first-order valence-electron chi connectivity index (χ1n) is 8.80. The van der Waals surface area contributed by atoms with Crippen molar-refractivity contribution < 1.29 is 14.0 Å². The molecular weight excluding hydrogens is 353 g/mol. The van der Waals surface area contributed by atoms with E-state index in [4.69, 9.17) is 0 Å². The van der Waals surface area contributed by atoms with Gasteiger partial charge in [0, 0.05) is 26.1 Å². The number of piperidine rings is 1. The van der Waals surface area contributed by atoms with Crippen LogP contribution in [0.4, 0.5) is 4.39 Å². The van der Waals surface area contributed by atoms with Crippen LogP contribution >= 0.6 is 11.3 Å². The highest BCUT2D eigenvalue weighted by Crippen LogP contribution is 2.23. The molecule has 1 aliphatic heterocycles. The average molecular weight is 375 g/mol. The summed E-state index contributed by atoms with van der Waals surface area (Å²) >= 11 is 1.37. The van der Waals surface area contributed by atoms with E-state index in [-0.39, 0.29) is 17.6 Å². The highest BCUT2D eigenvalue weighted by molar-refractivity contribution is 7.11. The Morgan fingerprint density at radius 3 is 2.62 bits per heavy atom. The van der Waals surface area contributed by atoms with Crippen LogP contribution in [-0.2, 0) is 11.3 Å². The summed E-state index contributed by atoms with van der Waals surface area (Å²) < 4.78 is 12.9. The molecule has 0 radical (unpaired) electrons. The third-order valence-corrected chi connectivity index (χ3v) is 5.49. The van der Waals surface area contributed by atoms with Crippen molar-refractivity contribution in [2.45, 2.75) is 32.2 Å². The number of aromatic nitrogens is 1. The zero-order valence-corrected chi connectivity index (χ0v) is 15.3. The van der Waals surface area contributed by atoms with Crippen LogP contribution in [0.15, 0.2) is 36.0 Å². The Labute approximate surface area is 156 Å². The summed E-state index contributed by atoms with van der Waals surface area (Å²) in [6.45, 7) is 1.89. The van der Waals surface area contributed by atoms with Gasteiger partial charge in [-0.15, -0.1) is 11.3 Å². The van der Waals surface area contributed by atoms with Crippen LogP contribution in [0, 0.1) is 11.7 Å². The molecular formula is C19H22FN3O2S. The van der Waals surface area contributed by atoms with Crippen LogP contribution in [0.5, 0.6) is 0 Å². The van der Waals surface area contributed by atoms with Crippen molar-refractivity contribution in [2.24, 2.45) is 5.92 Å². The van der Waals surface area contributed by atoms with Gasteiger partial charge in [0.2, 0.25) is 5.91 Å². The zero-order chi connectivity index (χ0) is 18.4. The van der Waals surface area contributed by atoms with Gasteiger partial charge in [-0.3, -0.25) is 14.6 Å². The fourth-order valence-electron chi connectivity index (χ4n) is 3.13. The van der Waals surface area contributed by atoms with Gasteiger partial charge >= 0.3 is 0 Å². The Morgan fingerprint density at radius 2 is 1.96 bits per heavy atom. The minimum Gasteiger partial charge on any atom is -0.352 e. The highest BCUT2D eigenvalue weighted by atomic mass is 32.1. The molecule has 0 aliphatic carbocycles. The standard InChI is InChI=1S/C19H22FN3O2S/c20-16-4-1-15(2-5-16)11-22-18(24)6-3-14-7-9-23(10-8-14)19(25)17-12-21-13-26-17/h1-2,4-5,12-14H,3,6-11H2,(H,22,24). The van der Waals surface area contributed by atoms with E-state index in [1.807, 2.05) is 4.90 Å². The molecule has 7 heteroatoms. The fraction of sp³-hybridized carbons (Fsp3) is 0.421. The van der Waals surface area contributed by atoms with Crippen molar-refractivity contribution in [3.8, 4) is 0 Å². The minimum atomic E-state index is -0.278. The van der Waals surface area contributed by atoms with E-state index in [1.165, 1.54) is 23.5 Å². The second-order valence-corrected chi connectivity index (χ2v) is 7.43. The molecule has 0 atom stereocenters. The lowest BCUT2D eigenvalue weighted by atomic mass is 9.92. The number of nitrogens with one attached hydrogen (secondary N) is 1. The van der Waals surface area contributed by atoms with E-state index >= 15 is 0 Å². The summed E-state index contributed by atoms with van der Waals surface area (Å²) in [7, 11) is 0. The molecule has 2 heterocycles. The molecule has 0 spiro atoms. The summed E-state index contributed by atoms with van der Waals surface area (Å²) in [6, 6.07) is 6.13. The summed E-state index contributed by atoms with van der Waals surface area (Å²) in [4.78, 5) is 30.8. The van der Waals surface area contributed by atoms with Crippen molar-refractivity contribution >= 4 is 23.2 Å². The lowest BCUT2D eigenvalue weighted by Crippen LogP contribution is -2.38. The summed E-state index contributed by atoms with van der Waals surface area (Å²) in [5.41, 5.74) is 2.56. The summed E-state index contributed by atoms with van der Waals surface area (Å²) in [6.07, 6.45) is 4.78. The molecule has 1 fully saturated rings. The van der Waals surface area contributed by atoms with Crippen molar-refractivity contribution in [1.82, 2.24) is 15.2 Å². The first kappa shape index (κ1) is 18.5. The van der Waals surface area contributed by atoms with Gasteiger partial charge in [0.1, 0.15) is 10.7 Å². The van der Waals surface area contributed by atoms with Crippen LogP contribution in [-0.4, -0.2) is 34.8 Å². The maximum Gasteiger partial charge on any atom is 0.265 e. The first-order chi connectivity index (χ1) is 12.6. The van der Waals surface area contributed by atoms with Gasteiger partial charge in [-0.05, 0) is 42.9 Å². The van der Waals surface area contributed by atoms with Gasteiger partial charge in [0.05, 0.1) is 11.7 Å². The van der Waals surface area contributed by atoms with E-state index in [0.717, 1.165) is 37.9 Å². The quantitative estimate of drug-likeness (QED) is 0.843. The van der Waals surface area contributed by atoms with Crippen molar-refractivity contribution in [3.63, 3.8) is 0 Å². The normalized spacial score (nSPS) is 15.0. The number of halogens is 1. The van der Waals surface area contributed by atoms with E-state index < -0.39 is 0 Å². The fourth-order valence-corrected chi connectivity index (χ4v) is 3.72. The second-order valence-electron chi connectivity index (χ2n) is 6.54. The monoisotopic (exact) mass is 375 g/mol. The molecule has 138 valence electrons. The predicted molar refractivity (Wildman–Crippen MR) is 98.2 cm³/mol. The molecule has 0 unspecified atom stereocenters. The molecule has 1 aromatic heterocycles. The van der Waals surface area contributed by atoms with E-state index in [2.05, 4.69) is 10.3 Å². The number of likely N-dealkylation sites (tertiary alicyclic amines) is 1. The molecule has 2 aromatic rings. The number of rotatable bonds is 6. The third-order valence-electron chi connectivity index (χ3n) is 4.73. The lowest BCUT2D eigenvalue weighted by Gasteiger charge is -2.31. The molecule has 1 N–H and O–H groups in total. The largest absolute Gasteiger partial charge is 0.352 e. The van der Waals surface area contributed by atoms with E-state index in [0.29, 0.717) is 23.8 Å². The van der Waals surface area contributed by atoms with E-state index in [9.17, 15) is 14.0 Å². The van der Waals surface area contributed by atoms with E-state index in [1.54, 1.807) is 23.8 Å². The SMILES string of the molecule is O=C(CCC1CCN(C(=O)c2cncs2)CC1)NCc1ccc(F)cc1. The smallest absolute Gasteiger partial charge is 0.265 e. The molecule has 0 saturated carbocycles. The molecule has 1 aliphatic rings. The van der Waals surface area contributed by atoms with Crippen LogP contribution in [0.25, 0.3) is 0 Å². The summed E-state index contributed by atoms with van der Waals surface area (Å²) in [5.74, 6) is 0.262. The number of carbonyl (C=O) groups is 2. The van der Waals surface area contributed by atoms with Gasteiger partial charge in [-0.25, -0.2) is 4.39 Å². The highest BCUT2D eigenvalue weighted by Gasteiger charge is 2.24. The Balaban J connectivity index is 1.35. The molecule has 26 heavy (non-hydrogen) atoms. The van der Waals surface area contributed by atoms with Crippen molar-refractivity contribution in [3.05, 3.63) is 52.2 Å². The van der Waals surface area contributed by atoms with Gasteiger partial charge in [-0.2, -0.15) is 0 Å². The number of thiazole rings is 1. The van der Waals surface area contributed by atoms with Crippen LogP contribution in [0.3, 0.4) is 0 Å². The second kappa shape index (κ2) is 8.89. The molecule has 1 saturated heterocycles. The van der Waals surface area contributed by atoms with Gasteiger partial charge in [0.15, 0.2) is 0 Å². The number of amides is 2. The first-order valence-corrected chi connectivity index (χ1v) is 9.68. The van der Waals surface area contributed by atoms with Gasteiger partial charge < -0.3 is 10.2 Å². The molecule has 0 bridgehead atoms. The Kier molecular flexibility index (Phi) is 6.33. The number of benzene rings is 1. The number of nitrogens with zero attached hydrogens (tertiary/aromatic N) is 2. The summed E-state index contributed by atoms with van der Waals surface area (Å²) in [5, 5.41) is 2.87. The van der Waals surface area contributed by atoms with Crippen LogP contribution in [0.1, 0.15) is 40.9 Å². The third kappa shape index (κ3) is 5.11. The zero-order valence-electron chi connectivity index (χ0n) is 14.5. The molecule has 3 rings (SSSR count). The molecule has 1 aromatic carbocycles. The number of carbonyl (C=O) groups excluding carboxylic acids is 2. The van der Waals surface area contributed by atoms with Gasteiger partial charge in [-0.1, -0.05) is 12.1 Å². The maximum absolute atomic E-state index is 12.9. The number of hydrogen-bond acceptors (Lipinski definition) is 4. The van der Waals surface area contributed by atoms with Crippen LogP contribution < -0.4 is 5.32 Å². The molecule has 2 amide bonds. The van der Waals surface area contributed by atoms with Gasteiger partial charge in [0.25, 0.3) is 5.91 Å². The maximum atomic E-state index is 12.9. The topological polar surface area (TPSA) is 62.3 Å². The number of hydrogen-bond donors (Lipinski definition) is 1. The Bertz CT molecular complexity index is 726. The van der Waals surface area contributed by atoms with Crippen molar-refractivity contribution in [1.29, 1.82) is 0 Å².